The van der Waals surface area contributed by atoms with E-state index in [1.54, 1.807) is 12.1 Å². The van der Waals surface area contributed by atoms with E-state index in [0.29, 0.717) is 16.8 Å². The Morgan fingerprint density at radius 1 is 0.862 bits per heavy atom. The van der Waals surface area contributed by atoms with Crippen LogP contribution in [0.4, 0.5) is 11.4 Å². The molecule has 0 N–H and O–H groups in total. The minimum absolute atomic E-state index is 0.334. The quantitative estimate of drug-likeness (QED) is 0.460. The third-order valence-electron chi connectivity index (χ3n) is 4.62. The molecule has 0 fully saturated rings. The van der Waals surface area contributed by atoms with E-state index in [1.807, 2.05) is 12.1 Å². The molecule has 2 aromatic carbocycles. The average molecular weight is 419 g/mol. The van der Waals surface area contributed by atoms with Crippen molar-refractivity contribution in [2.24, 2.45) is 0 Å². The van der Waals surface area contributed by atoms with E-state index >= 15 is 0 Å². The maximum Gasteiger partial charge on any atom is 0.338 e. The number of nitrogens with zero attached hydrogens (tertiary/aromatic N) is 2. The lowest BCUT2D eigenvalue weighted by Gasteiger charge is -2.20. The molecule has 0 aromatic heterocycles. The second-order valence-electron chi connectivity index (χ2n) is 6.50. The fourth-order valence-corrected chi connectivity index (χ4v) is 3.25. The van der Waals surface area contributed by atoms with Crippen LogP contribution >= 0.6 is 0 Å². The van der Waals surface area contributed by atoms with Crippen LogP contribution in [0.1, 0.15) is 34.6 Å². The summed E-state index contributed by atoms with van der Waals surface area (Å²) in [5.74, 6) is -0.940. The van der Waals surface area contributed by atoms with E-state index in [0.717, 1.165) is 29.3 Å². The summed E-state index contributed by atoms with van der Waals surface area (Å²) in [5, 5.41) is 0. The van der Waals surface area contributed by atoms with Gasteiger partial charge in [-0.1, -0.05) is 0 Å². The summed E-state index contributed by atoms with van der Waals surface area (Å²) >= 11 is 0. The molecule has 0 saturated carbocycles. The summed E-state index contributed by atoms with van der Waals surface area (Å²) in [6, 6.07) is 13.1. The van der Waals surface area contributed by atoms with Crippen LogP contribution in [0.5, 0.6) is 0 Å². The van der Waals surface area contributed by atoms with Gasteiger partial charge in [-0.15, -0.1) is 0 Å². The van der Waals surface area contributed by atoms with Crippen molar-refractivity contribution in [1.29, 1.82) is 0 Å². The van der Waals surface area contributed by atoms with Crippen LogP contribution in [0, 0.1) is 0 Å². The average Bonchev–Trinajstić information content (AvgIpc) is 2.72. The molecule has 0 aliphatic carbocycles. The Morgan fingerprint density at radius 2 is 1.34 bits per heavy atom. The molecule has 0 heterocycles. The number of anilines is 2. The molecule has 2 aromatic rings. The van der Waals surface area contributed by atoms with Gasteiger partial charge in [0.05, 0.1) is 17.5 Å². The number of ketones is 1. The van der Waals surface area contributed by atoms with Gasteiger partial charge in [0.15, 0.2) is 12.4 Å². The highest BCUT2D eigenvalue weighted by Crippen LogP contribution is 2.18. The largest absolute Gasteiger partial charge is 0.454 e. The first-order valence-electron chi connectivity index (χ1n) is 9.26. The van der Waals surface area contributed by atoms with E-state index in [9.17, 15) is 18.0 Å². The van der Waals surface area contributed by atoms with Gasteiger partial charge >= 0.3 is 5.97 Å². The predicted octanol–water partition coefficient (Wildman–Crippen LogP) is 2.97. The van der Waals surface area contributed by atoms with Crippen molar-refractivity contribution in [1.82, 2.24) is 0 Å². The predicted molar refractivity (Wildman–Crippen MR) is 114 cm³/mol. The number of esters is 1. The number of ether oxygens (including phenoxy) is 1. The van der Waals surface area contributed by atoms with Gasteiger partial charge in [-0.05, 0) is 62.4 Å². The van der Waals surface area contributed by atoms with E-state index < -0.39 is 22.6 Å². The zero-order valence-electron chi connectivity index (χ0n) is 17.1. The number of Topliss-reactive ketones (excluding diaryl/α,β-unsaturated/α-hetero) is 1. The highest BCUT2D eigenvalue weighted by atomic mass is 32.2. The van der Waals surface area contributed by atoms with Crippen LogP contribution in [-0.2, 0) is 14.8 Å². The van der Waals surface area contributed by atoms with Crippen molar-refractivity contribution in [3.05, 3.63) is 59.7 Å². The Balaban J connectivity index is 1.97. The van der Waals surface area contributed by atoms with Crippen LogP contribution in [0.2, 0.25) is 0 Å². The molecular weight excluding hydrogens is 392 g/mol. The molecule has 0 radical (unpaired) electrons. The summed E-state index contributed by atoms with van der Waals surface area (Å²) in [6.45, 7) is 5.46. The summed E-state index contributed by atoms with van der Waals surface area (Å²) in [7, 11) is -1.95. The molecule has 0 saturated heterocycles. The highest BCUT2D eigenvalue weighted by molar-refractivity contribution is 7.92. The first-order chi connectivity index (χ1) is 13.7. The molecule has 156 valence electrons. The van der Waals surface area contributed by atoms with Crippen molar-refractivity contribution < 1.29 is 22.7 Å². The fourth-order valence-electron chi connectivity index (χ4n) is 2.74. The Morgan fingerprint density at radius 3 is 1.83 bits per heavy atom. The standard InChI is InChI=1S/C21H26N2O5S/c1-5-23(6-2)19-13-9-17(10-14-19)21(25)28-15-20(24)16-7-11-18(12-8-16)22(3)29(4,26)27/h7-14H,5-6,15H2,1-4H3. The van der Waals surface area contributed by atoms with Crippen molar-refractivity contribution in [2.45, 2.75) is 13.8 Å². The summed E-state index contributed by atoms with van der Waals surface area (Å²) in [4.78, 5) is 26.6. The molecule has 0 spiro atoms. The molecule has 0 amide bonds. The lowest BCUT2D eigenvalue weighted by Crippen LogP contribution is -2.24. The normalized spacial score (nSPS) is 11.0. The van der Waals surface area contributed by atoms with Crippen LogP contribution in [0.25, 0.3) is 0 Å². The number of rotatable bonds is 9. The molecule has 2 rings (SSSR count). The SMILES string of the molecule is CCN(CC)c1ccc(C(=O)OCC(=O)c2ccc(N(C)S(C)(=O)=O)cc2)cc1. The number of hydrogen-bond acceptors (Lipinski definition) is 6. The highest BCUT2D eigenvalue weighted by Gasteiger charge is 2.15. The Kier molecular flexibility index (Phi) is 7.39. The first-order valence-corrected chi connectivity index (χ1v) is 11.1. The van der Waals surface area contributed by atoms with E-state index in [4.69, 9.17) is 4.74 Å². The van der Waals surface area contributed by atoms with Gasteiger partial charge in [-0.2, -0.15) is 0 Å². The maximum absolute atomic E-state index is 12.3. The summed E-state index contributed by atoms with van der Waals surface area (Å²) < 4.78 is 29.3. The van der Waals surface area contributed by atoms with Gasteiger partial charge in [-0.25, -0.2) is 13.2 Å². The minimum atomic E-state index is -3.38. The molecular formula is C21H26N2O5S. The van der Waals surface area contributed by atoms with E-state index in [2.05, 4.69) is 18.7 Å². The van der Waals surface area contributed by atoms with Crippen LogP contribution in [0.3, 0.4) is 0 Å². The van der Waals surface area contributed by atoms with Gasteiger partial charge in [0.2, 0.25) is 10.0 Å². The molecule has 29 heavy (non-hydrogen) atoms. The lowest BCUT2D eigenvalue weighted by atomic mass is 10.1. The van der Waals surface area contributed by atoms with E-state index in [-0.39, 0.29) is 5.78 Å². The molecule has 0 bridgehead atoms. The molecule has 8 heteroatoms. The Labute approximate surface area is 171 Å². The second kappa shape index (κ2) is 9.56. The number of sulfonamides is 1. The fraction of sp³-hybridized carbons (Fsp3) is 0.333. The molecule has 7 nitrogen and oxygen atoms in total. The monoisotopic (exact) mass is 418 g/mol. The molecule has 0 atom stereocenters. The van der Waals surface area contributed by atoms with Gasteiger partial charge in [0, 0.05) is 31.4 Å². The number of benzene rings is 2. The van der Waals surface area contributed by atoms with Gasteiger partial charge in [-0.3, -0.25) is 9.10 Å². The van der Waals surface area contributed by atoms with Crippen molar-refractivity contribution >= 4 is 33.2 Å². The molecule has 0 aliphatic rings. The van der Waals surface area contributed by atoms with Gasteiger partial charge < -0.3 is 9.64 Å². The number of carbonyl (C=O) groups is 2. The number of hydrogen-bond donors (Lipinski definition) is 0. The second-order valence-corrected chi connectivity index (χ2v) is 8.51. The van der Waals surface area contributed by atoms with E-state index in [1.165, 1.54) is 31.3 Å². The smallest absolute Gasteiger partial charge is 0.338 e. The molecule has 0 aliphatic heterocycles. The van der Waals surface area contributed by atoms with Crippen LogP contribution in [0.15, 0.2) is 48.5 Å². The minimum Gasteiger partial charge on any atom is -0.454 e. The third-order valence-corrected chi connectivity index (χ3v) is 5.82. The van der Waals surface area contributed by atoms with Crippen LogP contribution in [-0.4, -0.2) is 53.2 Å². The first kappa shape index (κ1) is 22.4. The van der Waals surface area contributed by atoms with Crippen molar-refractivity contribution in [2.75, 3.05) is 42.2 Å². The van der Waals surface area contributed by atoms with Crippen LogP contribution < -0.4 is 9.21 Å². The molecule has 0 unspecified atom stereocenters. The van der Waals surface area contributed by atoms with Crippen molar-refractivity contribution in [3.63, 3.8) is 0 Å². The lowest BCUT2D eigenvalue weighted by molar-refractivity contribution is 0.0475. The maximum atomic E-state index is 12.3. The number of carbonyl (C=O) groups excluding carboxylic acids is 2. The Bertz CT molecular complexity index is 950. The Hall–Kier alpha value is -2.87. The van der Waals surface area contributed by atoms with Gasteiger partial charge in [0.1, 0.15) is 0 Å². The summed E-state index contributed by atoms with van der Waals surface area (Å²) in [5.41, 5.74) is 2.16. The topological polar surface area (TPSA) is 84.0 Å². The zero-order chi connectivity index (χ0) is 21.6. The summed E-state index contributed by atoms with van der Waals surface area (Å²) in [6.07, 6.45) is 1.10. The zero-order valence-corrected chi connectivity index (χ0v) is 17.9. The van der Waals surface area contributed by atoms with Crippen molar-refractivity contribution in [3.8, 4) is 0 Å². The van der Waals surface area contributed by atoms with Gasteiger partial charge in [0.25, 0.3) is 0 Å². The third kappa shape index (κ3) is 5.80.